The average molecular weight is 451 g/mol. The number of hydrogen-bond acceptors (Lipinski definition) is 7. The van der Waals surface area contributed by atoms with Crippen molar-refractivity contribution in [1.29, 1.82) is 0 Å². The molecule has 164 valence electrons. The number of carbonyl (C=O) groups excluding carboxylic acids is 2. The number of carbonyl (C=O) groups is 2. The van der Waals surface area contributed by atoms with Gasteiger partial charge in [0.1, 0.15) is 27.4 Å². The second-order valence-electron chi connectivity index (χ2n) is 7.10. The number of fused-ring (bicyclic) bond motifs is 1. The number of imidazole rings is 1. The van der Waals surface area contributed by atoms with Gasteiger partial charge < -0.3 is 9.47 Å². The molecule has 2 aromatic carbocycles. The first kappa shape index (κ1) is 21.6. The largest absolute Gasteiger partial charge is 0.497 e. The molecule has 8 nitrogen and oxygen atoms in total. The topological polar surface area (TPSA) is 86.0 Å². The molecule has 0 unspecified atom stereocenters. The lowest BCUT2D eigenvalue weighted by molar-refractivity contribution is -0.116. The number of benzene rings is 2. The van der Waals surface area contributed by atoms with Gasteiger partial charge in [-0.1, -0.05) is 12.1 Å². The van der Waals surface area contributed by atoms with Crippen molar-refractivity contribution in [2.75, 3.05) is 19.2 Å². The van der Waals surface area contributed by atoms with Gasteiger partial charge >= 0.3 is 0 Å². The number of rotatable bonds is 5. The molecule has 1 aromatic heterocycles. The van der Waals surface area contributed by atoms with Crippen molar-refractivity contribution in [2.24, 2.45) is 5.10 Å². The van der Waals surface area contributed by atoms with E-state index in [0.29, 0.717) is 28.1 Å². The summed E-state index contributed by atoms with van der Waals surface area (Å²) in [4.78, 5) is 29.7. The molecule has 9 heteroatoms. The Morgan fingerprint density at radius 2 is 1.50 bits per heavy atom. The van der Waals surface area contributed by atoms with Crippen LogP contribution in [0.25, 0.3) is 0 Å². The van der Waals surface area contributed by atoms with Gasteiger partial charge in [-0.05, 0) is 53.7 Å². The van der Waals surface area contributed by atoms with Crippen LogP contribution in [0.4, 0.5) is 5.82 Å². The Kier molecular flexibility index (Phi) is 6.00. The van der Waals surface area contributed by atoms with Crippen molar-refractivity contribution < 1.29 is 19.1 Å². The number of ether oxygens (including phenoxy) is 2. The number of hydrogen-bond donors (Lipinski definition) is 0. The van der Waals surface area contributed by atoms with E-state index in [-0.39, 0.29) is 11.8 Å². The molecule has 0 saturated heterocycles. The Bertz CT molecular complexity index is 1200. The van der Waals surface area contributed by atoms with E-state index in [2.05, 4.69) is 10.1 Å². The van der Waals surface area contributed by atoms with Gasteiger partial charge in [0.25, 0.3) is 0 Å². The maximum absolute atomic E-state index is 12.6. The number of methoxy groups -OCH3 is 2. The van der Waals surface area contributed by atoms with E-state index in [1.54, 1.807) is 18.8 Å². The molecule has 2 heterocycles. The van der Waals surface area contributed by atoms with Crippen LogP contribution in [0.15, 0.2) is 58.7 Å². The van der Waals surface area contributed by atoms with Crippen molar-refractivity contribution in [3.8, 4) is 11.5 Å². The maximum atomic E-state index is 12.6. The molecule has 0 aliphatic carbocycles. The van der Waals surface area contributed by atoms with Crippen molar-refractivity contribution in [3.05, 3.63) is 65.5 Å². The summed E-state index contributed by atoms with van der Waals surface area (Å²) in [6.45, 7) is 2.90. The van der Waals surface area contributed by atoms with Gasteiger partial charge in [-0.2, -0.15) is 10.1 Å². The normalized spacial score (nSPS) is 12.8. The highest BCUT2D eigenvalue weighted by molar-refractivity contribution is 8.14. The van der Waals surface area contributed by atoms with E-state index in [4.69, 9.17) is 9.47 Å². The van der Waals surface area contributed by atoms with Crippen LogP contribution < -0.4 is 14.5 Å². The van der Waals surface area contributed by atoms with Crippen molar-refractivity contribution in [3.63, 3.8) is 0 Å². The standard InChI is InChI=1S/C23H22N4O4S/c1-14(28)26-20(13-16-5-9-18(30-3)10-6-16)24-21-23(26)32-22(25-27(21)15(2)29)17-7-11-19(31-4)12-8-17/h5-12H,13H2,1-4H3. The molecule has 32 heavy (non-hydrogen) atoms. The summed E-state index contributed by atoms with van der Waals surface area (Å²) in [5, 5.41) is 6.92. The van der Waals surface area contributed by atoms with Crippen molar-refractivity contribution in [1.82, 2.24) is 9.55 Å². The highest BCUT2D eigenvalue weighted by Gasteiger charge is 2.32. The summed E-state index contributed by atoms with van der Waals surface area (Å²) in [6.07, 6.45) is 0.417. The average Bonchev–Trinajstić information content (AvgIpc) is 3.16. The number of thioether (sulfide) groups is 1. The molecular formula is C23H22N4O4S. The van der Waals surface area contributed by atoms with Crippen LogP contribution in [0.2, 0.25) is 0 Å². The van der Waals surface area contributed by atoms with Crippen LogP contribution in [0.5, 0.6) is 11.5 Å². The summed E-state index contributed by atoms with van der Waals surface area (Å²) >= 11 is 1.31. The predicted octanol–water partition coefficient (Wildman–Crippen LogP) is 3.97. The predicted molar refractivity (Wildman–Crippen MR) is 123 cm³/mol. The number of aromatic nitrogens is 2. The Morgan fingerprint density at radius 1 is 0.906 bits per heavy atom. The quantitative estimate of drug-likeness (QED) is 0.585. The molecule has 0 atom stereocenters. The third kappa shape index (κ3) is 4.11. The number of anilines is 1. The number of hydrazone groups is 1. The smallest absolute Gasteiger partial charge is 0.245 e. The van der Waals surface area contributed by atoms with Gasteiger partial charge in [0.15, 0.2) is 5.82 Å². The first-order valence-corrected chi connectivity index (χ1v) is 10.7. The first-order chi connectivity index (χ1) is 15.4. The molecule has 0 saturated carbocycles. The zero-order valence-electron chi connectivity index (χ0n) is 18.2. The van der Waals surface area contributed by atoms with Gasteiger partial charge in [0.05, 0.1) is 14.2 Å². The van der Waals surface area contributed by atoms with E-state index < -0.39 is 0 Å². The van der Waals surface area contributed by atoms with Crippen LogP contribution in [-0.4, -0.2) is 40.6 Å². The lowest BCUT2D eigenvalue weighted by Crippen LogP contribution is -2.28. The summed E-state index contributed by atoms with van der Waals surface area (Å²) < 4.78 is 12.0. The van der Waals surface area contributed by atoms with E-state index in [1.807, 2.05) is 48.5 Å². The lowest BCUT2D eigenvalue weighted by Gasteiger charge is -2.21. The molecule has 0 bridgehead atoms. The highest BCUT2D eigenvalue weighted by Crippen LogP contribution is 2.39. The van der Waals surface area contributed by atoms with E-state index in [0.717, 1.165) is 22.6 Å². The first-order valence-electron chi connectivity index (χ1n) is 9.88. The zero-order valence-corrected chi connectivity index (χ0v) is 19.0. The minimum atomic E-state index is -0.290. The maximum Gasteiger partial charge on any atom is 0.245 e. The zero-order chi connectivity index (χ0) is 22.8. The monoisotopic (exact) mass is 450 g/mol. The summed E-state index contributed by atoms with van der Waals surface area (Å²) in [7, 11) is 3.21. The van der Waals surface area contributed by atoms with Gasteiger partial charge in [-0.3, -0.25) is 14.2 Å². The molecular weight excluding hydrogens is 428 g/mol. The van der Waals surface area contributed by atoms with Gasteiger partial charge in [-0.25, -0.2) is 4.98 Å². The van der Waals surface area contributed by atoms with E-state index in [9.17, 15) is 9.59 Å². The second-order valence-corrected chi connectivity index (χ2v) is 8.08. The number of nitrogens with zero attached hydrogens (tertiary/aromatic N) is 4. The Balaban J connectivity index is 1.75. The number of amides is 1. The van der Waals surface area contributed by atoms with Crippen molar-refractivity contribution >= 4 is 34.4 Å². The van der Waals surface area contributed by atoms with E-state index in [1.165, 1.54) is 30.6 Å². The van der Waals surface area contributed by atoms with Crippen LogP contribution >= 0.6 is 11.8 Å². The molecule has 1 amide bonds. The molecule has 4 rings (SSSR count). The molecule has 1 aliphatic rings. The Morgan fingerprint density at radius 3 is 2.03 bits per heavy atom. The lowest BCUT2D eigenvalue weighted by atomic mass is 10.1. The molecule has 0 spiro atoms. The van der Waals surface area contributed by atoms with Gasteiger partial charge in [0.2, 0.25) is 11.8 Å². The van der Waals surface area contributed by atoms with Crippen LogP contribution in [0.1, 0.15) is 35.6 Å². The Hall–Kier alpha value is -3.59. The fraction of sp³-hybridized carbons (Fsp3) is 0.217. The summed E-state index contributed by atoms with van der Waals surface area (Å²) in [6, 6.07) is 14.9. The second kappa shape index (κ2) is 8.88. The summed E-state index contributed by atoms with van der Waals surface area (Å²) in [5.74, 6) is 1.89. The molecule has 0 fully saturated rings. The minimum absolute atomic E-state index is 0.186. The van der Waals surface area contributed by atoms with E-state index >= 15 is 0 Å². The third-order valence-corrected chi connectivity index (χ3v) is 6.01. The molecule has 1 aliphatic heterocycles. The van der Waals surface area contributed by atoms with Crippen LogP contribution in [0, 0.1) is 0 Å². The summed E-state index contributed by atoms with van der Waals surface area (Å²) in [5.41, 5.74) is 1.77. The van der Waals surface area contributed by atoms with Gasteiger partial charge in [0, 0.05) is 25.8 Å². The molecule has 0 radical (unpaired) electrons. The van der Waals surface area contributed by atoms with Crippen molar-refractivity contribution in [2.45, 2.75) is 25.3 Å². The Labute approximate surface area is 189 Å². The highest BCUT2D eigenvalue weighted by atomic mass is 32.2. The fourth-order valence-corrected chi connectivity index (χ4v) is 4.46. The SMILES string of the molecule is COc1ccc(Cc2nc3c(n2C(C)=O)SC(c2ccc(OC)cc2)=NN3C(C)=O)cc1. The molecule has 0 N–H and O–H groups in total. The third-order valence-electron chi connectivity index (χ3n) is 4.94. The molecule has 3 aromatic rings. The van der Waals surface area contributed by atoms with Crippen LogP contribution in [-0.2, 0) is 11.2 Å². The fourth-order valence-electron chi connectivity index (χ4n) is 3.36. The van der Waals surface area contributed by atoms with Gasteiger partial charge in [-0.15, -0.1) is 0 Å². The minimum Gasteiger partial charge on any atom is -0.497 e. The van der Waals surface area contributed by atoms with Crippen LogP contribution in [0.3, 0.4) is 0 Å².